The van der Waals surface area contributed by atoms with Gasteiger partial charge < -0.3 is 4.74 Å². The third-order valence-corrected chi connectivity index (χ3v) is 3.89. The predicted octanol–water partition coefficient (Wildman–Crippen LogP) is 5.64. The van der Waals surface area contributed by atoms with Crippen LogP contribution in [-0.4, -0.2) is 12.6 Å². The zero-order valence-corrected chi connectivity index (χ0v) is 16.1. The average molecular weight is 424 g/mol. The van der Waals surface area contributed by atoms with Crippen LogP contribution in [0.1, 0.15) is 18.1 Å². The van der Waals surface area contributed by atoms with Gasteiger partial charge >= 0.3 is 6.15 Å². The minimum Gasteiger partial charge on any atom is -0.463 e. The van der Waals surface area contributed by atoms with Crippen LogP contribution >= 0.6 is 46.4 Å². The minimum absolute atomic E-state index is 0.180. The van der Waals surface area contributed by atoms with E-state index in [-0.39, 0.29) is 12.8 Å². The molecule has 0 saturated heterocycles. The lowest BCUT2D eigenvalue weighted by atomic mass is 10.2. The van der Waals surface area contributed by atoms with Crippen molar-refractivity contribution in [3.63, 3.8) is 0 Å². The maximum Gasteiger partial charge on any atom is 0.373 e. The lowest BCUT2D eigenvalue weighted by Gasteiger charge is -2.01. The molecule has 0 fully saturated rings. The highest BCUT2D eigenvalue weighted by molar-refractivity contribution is 6.35. The number of hydrogen-bond acceptors (Lipinski definition) is 4. The molecule has 0 N–H and O–H groups in total. The summed E-state index contributed by atoms with van der Waals surface area (Å²) in [4.78, 5) is 26.1. The molecule has 0 aliphatic rings. The summed E-state index contributed by atoms with van der Waals surface area (Å²) in [5.41, 5.74) is 1.89. The Morgan fingerprint density at radius 3 is 1.72 bits per heavy atom. The highest BCUT2D eigenvalue weighted by atomic mass is 35.5. The van der Waals surface area contributed by atoms with Crippen molar-refractivity contribution in [2.24, 2.45) is 0 Å². The number of aryl methyl sites for hydroxylation is 1. The van der Waals surface area contributed by atoms with Crippen LogP contribution in [0.2, 0.25) is 20.1 Å². The first-order chi connectivity index (χ1) is 11.9. The van der Waals surface area contributed by atoms with Crippen LogP contribution in [0.3, 0.4) is 0 Å². The Morgan fingerprint density at radius 1 is 0.920 bits per heavy atom. The van der Waals surface area contributed by atoms with E-state index in [1.165, 1.54) is 0 Å². The molecular weight excluding hydrogens is 410 g/mol. The van der Waals surface area contributed by atoms with E-state index in [2.05, 4.69) is 11.7 Å². The van der Waals surface area contributed by atoms with Gasteiger partial charge in [-0.05, 0) is 36.2 Å². The van der Waals surface area contributed by atoms with Crippen LogP contribution < -0.4 is 0 Å². The van der Waals surface area contributed by atoms with Crippen LogP contribution in [-0.2, 0) is 32.1 Å². The normalized spacial score (nSPS) is 8.84. The molecule has 25 heavy (non-hydrogen) atoms. The van der Waals surface area contributed by atoms with E-state index in [4.69, 9.17) is 56.0 Å². The number of ether oxygens (including phenoxy) is 1. The number of hydrogen-bond donors (Lipinski definition) is 0. The molecular formula is C17H14Cl4O4. The van der Waals surface area contributed by atoms with Crippen molar-refractivity contribution in [2.45, 2.75) is 20.0 Å². The molecule has 0 heterocycles. The zero-order chi connectivity index (χ0) is 19.2. The van der Waals surface area contributed by atoms with Gasteiger partial charge in [-0.15, -0.1) is 0 Å². The molecule has 2 aromatic carbocycles. The molecule has 0 amide bonds. The maximum atomic E-state index is 9.87. The average Bonchev–Trinajstić information content (AvgIpc) is 2.55. The van der Waals surface area contributed by atoms with Crippen molar-refractivity contribution in [3.05, 3.63) is 67.6 Å². The summed E-state index contributed by atoms with van der Waals surface area (Å²) >= 11 is 23.0. The van der Waals surface area contributed by atoms with Crippen molar-refractivity contribution < 1.29 is 19.1 Å². The fourth-order valence-electron chi connectivity index (χ4n) is 1.57. The summed E-state index contributed by atoms with van der Waals surface area (Å²) in [6.45, 7) is 2.62. The van der Waals surface area contributed by atoms with Crippen LogP contribution in [0.4, 0.5) is 0 Å². The topological polar surface area (TPSA) is 60.4 Å². The standard InChI is InChI=1S/C8H6Cl2O2.C8H8Cl2.CO2/c9-7-2-1-6(4-12-5-11)8(10)3-7;1-2-6-3-4-7(9)5-8(6)10;2-1-3/h1-3,5H,4H2;3-5H,2H2,1H3;. The molecule has 4 nitrogen and oxygen atoms in total. The number of benzene rings is 2. The van der Waals surface area contributed by atoms with Crippen LogP contribution in [0.5, 0.6) is 0 Å². The van der Waals surface area contributed by atoms with Gasteiger partial charge in [0.05, 0.1) is 0 Å². The van der Waals surface area contributed by atoms with Gasteiger partial charge in [-0.25, -0.2) is 0 Å². The monoisotopic (exact) mass is 422 g/mol. The third-order valence-electron chi connectivity index (χ3n) is 2.72. The summed E-state index contributed by atoms with van der Waals surface area (Å²) in [5, 5.41) is 2.52. The Hall–Kier alpha value is -1.55. The fraction of sp³-hybridized carbons (Fsp3) is 0.176. The molecule has 0 aromatic heterocycles. The molecule has 0 spiro atoms. The molecule has 0 atom stereocenters. The molecule has 134 valence electrons. The van der Waals surface area contributed by atoms with Crippen LogP contribution in [0.25, 0.3) is 0 Å². The Morgan fingerprint density at radius 2 is 1.36 bits per heavy atom. The molecule has 2 aromatic rings. The molecule has 8 heteroatoms. The van der Waals surface area contributed by atoms with E-state index >= 15 is 0 Å². The Balaban J connectivity index is 0.000000403. The van der Waals surface area contributed by atoms with Gasteiger partial charge in [0.15, 0.2) is 0 Å². The van der Waals surface area contributed by atoms with Crippen LogP contribution in [0, 0.1) is 0 Å². The Bertz CT molecular complexity index is 714. The predicted molar refractivity (Wildman–Crippen MR) is 98.2 cm³/mol. The second-order valence-electron chi connectivity index (χ2n) is 4.32. The summed E-state index contributed by atoms with van der Waals surface area (Å²) in [7, 11) is 0. The number of halogens is 4. The van der Waals surface area contributed by atoms with Crippen LogP contribution in [0.15, 0.2) is 36.4 Å². The van der Waals surface area contributed by atoms with E-state index in [0.29, 0.717) is 21.5 Å². The lowest BCUT2D eigenvalue weighted by molar-refractivity contribution is -0.191. The second kappa shape index (κ2) is 13.7. The van der Waals surface area contributed by atoms with Gasteiger partial charge in [-0.2, -0.15) is 9.59 Å². The molecule has 0 radical (unpaired) electrons. The Kier molecular flexibility index (Phi) is 12.9. The largest absolute Gasteiger partial charge is 0.463 e. The molecule has 2 rings (SSSR count). The zero-order valence-electron chi connectivity index (χ0n) is 13.1. The Labute approximate surface area is 165 Å². The van der Waals surface area contributed by atoms with Gasteiger partial charge in [0.25, 0.3) is 6.47 Å². The van der Waals surface area contributed by atoms with Crippen molar-refractivity contribution in [2.75, 3.05) is 0 Å². The lowest BCUT2D eigenvalue weighted by Crippen LogP contribution is -1.90. The molecule has 0 saturated carbocycles. The summed E-state index contributed by atoms with van der Waals surface area (Å²) in [6.07, 6.45) is 1.20. The van der Waals surface area contributed by atoms with Crippen molar-refractivity contribution in [3.8, 4) is 0 Å². The van der Waals surface area contributed by atoms with Crippen molar-refractivity contribution in [1.82, 2.24) is 0 Å². The first kappa shape index (κ1) is 23.4. The quantitative estimate of drug-likeness (QED) is 0.597. The van der Waals surface area contributed by atoms with Gasteiger partial charge in [-0.3, -0.25) is 4.79 Å². The van der Waals surface area contributed by atoms with E-state index in [1.54, 1.807) is 24.3 Å². The molecule has 0 bridgehead atoms. The first-order valence-electron chi connectivity index (χ1n) is 6.81. The van der Waals surface area contributed by atoms with E-state index < -0.39 is 0 Å². The van der Waals surface area contributed by atoms with Gasteiger partial charge in [0, 0.05) is 25.7 Å². The van der Waals surface area contributed by atoms with E-state index in [9.17, 15) is 4.79 Å². The smallest absolute Gasteiger partial charge is 0.373 e. The molecule has 0 aliphatic carbocycles. The number of carbonyl (C=O) groups is 1. The minimum atomic E-state index is 0.180. The third kappa shape index (κ3) is 10.1. The number of carbonyl (C=O) groups excluding carboxylic acids is 3. The van der Waals surface area contributed by atoms with Gasteiger partial charge in [-0.1, -0.05) is 65.5 Å². The summed E-state index contributed by atoms with van der Waals surface area (Å²) in [5.74, 6) is 0. The van der Waals surface area contributed by atoms with Crippen molar-refractivity contribution >= 4 is 59.0 Å². The SMILES string of the molecule is CCc1ccc(Cl)cc1Cl.O=C=O.O=COCc1ccc(Cl)cc1Cl. The maximum absolute atomic E-state index is 9.87. The van der Waals surface area contributed by atoms with Gasteiger partial charge in [0.2, 0.25) is 0 Å². The van der Waals surface area contributed by atoms with Crippen molar-refractivity contribution in [1.29, 1.82) is 0 Å². The van der Waals surface area contributed by atoms with E-state index in [0.717, 1.165) is 22.6 Å². The molecule has 0 unspecified atom stereocenters. The highest BCUT2D eigenvalue weighted by Crippen LogP contribution is 2.21. The first-order valence-corrected chi connectivity index (χ1v) is 8.33. The second-order valence-corrected chi connectivity index (χ2v) is 6.00. The van der Waals surface area contributed by atoms with E-state index in [1.807, 2.05) is 12.1 Å². The van der Waals surface area contributed by atoms with Gasteiger partial charge in [0.1, 0.15) is 6.61 Å². The molecule has 0 aliphatic heterocycles. The summed E-state index contributed by atoms with van der Waals surface area (Å²) in [6, 6.07) is 10.6. The number of rotatable bonds is 4. The summed E-state index contributed by atoms with van der Waals surface area (Å²) < 4.78 is 4.53. The highest BCUT2D eigenvalue weighted by Gasteiger charge is 2.00. The fourth-order valence-corrected chi connectivity index (χ4v) is 2.58.